The van der Waals surface area contributed by atoms with E-state index in [0.29, 0.717) is 29.5 Å². The SMILES string of the molecule is COc1ccc(N(CC(=O)CCCC(C)C)C(=O)c2snc(C(=O)NC3CCCCC3)c2N)c(OC)c1. The maximum absolute atomic E-state index is 13.8. The van der Waals surface area contributed by atoms with Gasteiger partial charge in [0.2, 0.25) is 0 Å². The third-order valence-electron chi connectivity index (χ3n) is 6.57. The van der Waals surface area contributed by atoms with E-state index in [2.05, 4.69) is 23.5 Å². The van der Waals surface area contributed by atoms with Crippen LogP contribution in [0.5, 0.6) is 11.5 Å². The number of anilines is 2. The molecule has 1 saturated carbocycles. The van der Waals surface area contributed by atoms with E-state index in [1.54, 1.807) is 18.2 Å². The zero-order valence-corrected chi connectivity index (χ0v) is 23.0. The van der Waals surface area contributed by atoms with Crippen molar-refractivity contribution >= 4 is 40.5 Å². The van der Waals surface area contributed by atoms with Crippen molar-refractivity contribution in [3.63, 3.8) is 0 Å². The van der Waals surface area contributed by atoms with Crippen molar-refractivity contribution in [3.05, 3.63) is 28.8 Å². The molecule has 0 radical (unpaired) electrons. The predicted octanol–water partition coefficient (Wildman–Crippen LogP) is 4.85. The Hall–Kier alpha value is -3.14. The third-order valence-corrected chi connectivity index (χ3v) is 7.42. The van der Waals surface area contributed by atoms with Gasteiger partial charge in [-0.3, -0.25) is 19.3 Å². The number of Topliss-reactive ketones (excluding diaryl/α,β-unsaturated/α-hetero) is 1. The number of amides is 2. The van der Waals surface area contributed by atoms with Gasteiger partial charge < -0.3 is 20.5 Å². The number of methoxy groups -OCH3 is 2. The molecule has 2 aromatic rings. The largest absolute Gasteiger partial charge is 0.497 e. The summed E-state index contributed by atoms with van der Waals surface area (Å²) in [7, 11) is 3.02. The summed E-state index contributed by atoms with van der Waals surface area (Å²) in [6.45, 7) is 4.06. The summed E-state index contributed by atoms with van der Waals surface area (Å²) in [5, 5.41) is 3.00. The fourth-order valence-electron chi connectivity index (χ4n) is 4.48. The molecule has 9 nitrogen and oxygen atoms in total. The summed E-state index contributed by atoms with van der Waals surface area (Å²) in [5.41, 5.74) is 6.77. The molecule has 1 heterocycles. The Morgan fingerprint density at radius 2 is 1.89 bits per heavy atom. The molecule has 2 amide bonds. The molecular formula is C27H38N4O5S. The van der Waals surface area contributed by atoms with Crippen molar-refractivity contribution in [2.45, 2.75) is 71.3 Å². The smallest absolute Gasteiger partial charge is 0.273 e. The van der Waals surface area contributed by atoms with Crippen LogP contribution >= 0.6 is 11.5 Å². The highest BCUT2D eigenvalue weighted by atomic mass is 32.1. The van der Waals surface area contributed by atoms with Gasteiger partial charge in [-0.2, -0.15) is 4.37 Å². The molecule has 0 atom stereocenters. The van der Waals surface area contributed by atoms with E-state index in [1.165, 1.54) is 25.5 Å². The number of rotatable bonds is 12. The first-order valence-corrected chi connectivity index (χ1v) is 13.6. The number of ketones is 1. The Morgan fingerprint density at radius 3 is 2.54 bits per heavy atom. The van der Waals surface area contributed by atoms with Crippen LogP contribution in [0.3, 0.4) is 0 Å². The first-order chi connectivity index (χ1) is 17.7. The van der Waals surface area contributed by atoms with Crippen LogP contribution in [0.15, 0.2) is 18.2 Å². The molecule has 3 rings (SSSR count). The number of aromatic nitrogens is 1. The van der Waals surface area contributed by atoms with E-state index in [0.717, 1.165) is 50.1 Å². The Bertz CT molecular complexity index is 1090. The van der Waals surface area contributed by atoms with Crippen LogP contribution in [0.4, 0.5) is 11.4 Å². The number of nitrogen functional groups attached to an aromatic ring is 1. The highest BCUT2D eigenvalue weighted by molar-refractivity contribution is 7.09. The van der Waals surface area contributed by atoms with E-state index < -0.39 is 5.91 Å². The summed E-state index contributed by atoms with van der Waals surface area (Å²) in [5.74, 6) is 0.453. The van der Waals surface area contributed by atoms with E-state index >= 15 is 0 Å². The van der Waals surface area contributed by atoms with Gasteiger partial charge in [-0.15, -0.1) is 0 Å². The Kier molecular flexibility index (Phi) is 10.3. The molecule has 37 heavy (non-hydrogen) atoms. The van der Waals surface area contributed by atoms with Gasteiger partial charge in [0.15, 0.2) is 11.5 Å². The van der Waals surface area contributed by atoms with Crippen molar-refractivity contribution in [1.29, 1.82) is 0 Å². The molecule has 3 N–H and O–H groups in total. The van der Waals surface area contributed by atoms with Gasteiger partial charge in [0.25, 0.3) is 11.8 Å². The molecule has 0 saturated heterocycles. The second kappa shape index (κ2) is 13.4. The summed E-state index contributed by atoms with van der Waals surface area (Å²) in [6, 6.07) is 5.11. The first-order valence-electron chi connectivity index (χ1n) is 12.9. The highest BCUT2D eigenvalue weighted by Gasteiger charge is 2.30. The predicted molar refractivity (Wildman–Crippen MR) is 146 cm³/mol. The van der Waals surface area contributed by atoms with Crippen molar-refractivity contribution in [2.75, 3.05) is 31.4 Å². The van der Waals surface area contributed by atoms with Crippen molar-refractivity contribution in [2.24, 2.45) is 5.92 Å². The fraction of sp³-hybridized carbons (Fsp3) is 0.556. The van der Waals surface area contributed by atoms with Gasteiger partial charge in [-0.25, -0.2) is 0 Å². The van der Waals surface area contributed by atoms with Crippen molar-refractivity contribution in [3.8, 4) is 11.5 Å². The summed E-state index contributed by atoms with van der Waals surface area (Å²) < 4.78 is 15.0. The fourth-order valence-corrected chi connectivity index (χ4v) is 5.22. The third kappa shape index (κ3) is 7.44. The van der Waals surface area contributed by atoms with Gasteiger partial charge in [-0.1, -0.05) is 39.5 Å². The molecule has 1 aliphatic carbocycles. The average Bonchev–Trinajstić information content (AvgIpc) is 3.28. The standard InChI is InChI=1S/C27H38N4O5S/c1-17(2)9-8-12-19(32)16-31(21-14-13-20(35-3)15-22(21)36-4)27(34)25-23(28)24(30-37-25)26(33)29-18-10-6-5-7-11-18/h13-15,17-18H,5-12,16,28H2,1-4H3,(H,29,33). The highest BCUT2D eigenvalue weighted by Crippen LogP contribution is 2.35. The van der Waals surface area contributed by atoms with Crippen molar-refractivity contribution in [1.82, 2.24) is 9.69 Å². The van der Waals surface area contributed by atoms with Crippen LogP contribution in [0.2, 0.25) is 0 Å². The number of benzene rings is 1. The van der Waals surface area contributed by atoms with E-state index in [-0.39, 0.29) is 40.5 Å². The summed E-state index contributed by atoms with van der Waals surface area (Å²) in [4.78, 5) is 41.0. The zero-order valence-electron chi connectivity index (χ0n) is 22.2. The molecule has 10 heteroatoms. The molecule has 202 valence electrons. The number of nitrogens with one attached hydrogen (secondary N) is 1. The van der Waals surface area contributed by atoms with Gasteiger partial charge >= 0.3 is 0 Å². The Morgan fingerprint density at radius 1 is 1.16 bits per heavy atom. The van der Waals surface area contributed by atoms with Crippen molar-refractivity contribution < 1.29 is 23.9 Å². The second-order valence-corrected chi connectivity index (χ2v) is 10.6. The van der Waals surface area contributed by atoms with Gasteiger partial charge in [-0.05, 0) is 48.8 Å². The van der Waals surface area contributed by atoms with Gasteiger partial charge in [0.05, 0.1) is 32.1 Å². The number of carbonyl (C=O) groups is 3. The molecule has 1 aromatic heterocycles. The lowest BCUT2D eigenvalue weighted by Crippen LogP contribution is -2.37. The van der Waals surface area contributed by atoms with Crippen LogP contribution in [0, 0.1) is 5.92 Å². The molecule has 0 bridgehead atoms. The van der Waals surface area contributed by atoms with E-state index in [9.17, 15) is 14.4 Å². The minimum Gasteiger partial charge on any atom is -0.497 e. The molecular weight excluding hydrogens is 492 g/mol. The molecule has 0 spiro atoms. The van der Waals surface area contributed by atoms with Crippen LogP contribution in [-0.4, -0.2) is 48.8 Å². The topological polar surface area (TPSA) is 124 Å². The quantitative estimate of drug-likeness (QED) is 0.402. The van der Waals surface area contributed by atoms with Crippen LogP contribution in [-0.2, 0) is 4.79 Å². The number of nitrogens with zero attached hydrogens (tertiary/aromatic N) is 2. The summed E-state index contributed by atoms with van der Waals surface area (Å²) >= 11 is 0.864. The molecule has 1 aromatic carbocycles. The van der Waals surface area contributed by atoms with E-state index in [1.807, 2.05) is 0 Å². The molecule has 1 fully saturated rings. The van der Waals surface area contributed by atoms with Crippen LogP contribution < -0.4 is 25.4 Å². The van der Waals surface area contributed by atoms with Crippen LogP contribution in [0.25, 0.3) is 0 Å². The number of ether oxygens (including phenoxy) is 2. The van der Waals surface area contributed by atoms with E-state index in [4.69, 9.17) is 15.2 Å². The summed E-state index contributed by atoms with van der Waals surface area (Å²) in [6.07, 6.45) is 7.19. The number of nitrogens with two attached hydrogens (primary N) is 1. The van der Waals surface area contributed by atoms with Gasteiger partial charge in [0, 0.05) is 18.5 Å². The maximum atomic E-state index is 13.8. The first kappa shape index (κ1) is 28.4. The maximum Gasteiger partial charge on any atom is 0.273 e. The Balaban J connectivity index is 1.87. The lowest BCUT2D eigenvalue weighted by atomic mass is 9.95. The average molecular weight is 531 g/mol. The number of hydrogen-bond donors (Lipinski definition) is 2. The molecule has 0 aliphatic heterocycles. The molecule has 1 aliphatic rings. The zero-order chi connectivity index (χ0) is 26.9. The minimum absolute atomic E-state index is 0.0213. The van der Waals surface area contributed by atoms with Gasteiger partial charge in [0.1, 0.15) is 16.4 Å². The lowest BCUT2D eigenvalue weighted by Gasteiger charge is -2.24. The lowest BCUT2D eigenvalue weighted by molar-refractivity contribution is -0.117. The monoisotopic (exact) mass is 530 g/mol. The Labute approximate surface area is 222 Å². The minimum atomic E-state index is -0.507. The number of carbonyl (C=O) groups excluding carboxylic acids is 3. The second-order valence-electron chi connectivity index (χ2n) is 9.84. The van der Waals surface area contributed by atoms with Crippen LogP contribution in [0.1, 0.15) is 85.4 Å². The normalized spacial score (nSPS) is 13.9. The number of hydrogen-bond acceptors (Lipinski definition) is 8. The molecule has 0 unspecified atom stereocenters.